The number of hydrogen-bond acceptors (Lipinski definition) is 8. The predicted octanol–water partition coefficient (Wildman–Crippen LogP) is 5.57. The van der Waals surface area contributed by atoms with Crippen LogP contribution in [0.5, 0.6) is 11.5 Å². The summed E-state index contributed by atoms with van der Waals surface area (Å²) in [6.45, 7) is 3.38. The second-order valence-corrected chi connectivity index (χ2v) is 10.5. The summed E-state index contributed by atoms with van der Waals surface area (Å²) in [5.41, 5.74) is 10.00. The van der Waals surface area contributed by atoms with Crippen LogP contribution in [0, 0.1) is 0 Å². The van der Waals surface area contributed by atoms with Gasteiger partial charge in [0, 0.05) is 26.8 Å². The highest BCUT2D eigenvalue weighted by atomic mass is 16.6. The SMILES string of the molecule is COc1cc(CCC(CC(CCCCCCc2ccccc2)OC(C)=O)OC(C)=O)c(C2=CCNC(N)=C2)cc1O. The zero-order chi connectivity index (χ0) is 29.6. The third-order valence-corrected chi connectivity index (χ3v) is 7.17. The Hall–Kier alpha value is -3.94. The number of dihydropyridines is 1. The van der Waals surface area contributed by atoms with E-state index < -0.39 is 6.10 Å². The summed E-state index contributed by atoms with van der Waals surface area (Å²) in [7, 11) is 1.51. The molecule has 1 aliphatic heterocycles. The van der Waals surface area contributed by atoms with Crippen LogP contribution >= 0.6 is 0 Å². The van der Waals surface area contributed by atoms with E-state index in [1.807, 2.05) is 18.2 Å². The van der Waals surface area contributed by atoms with Gasteiger partial charge in [-0.05, 0) is 79.0 Å². The van der Waals surface area contributed by atoms with Crippen molar-refractivity contribution < 1.29 is 28.9 Å². The van der Waals surface area contributed by atoms with Crippen molar-refractivity contribution in [3.63, 3.8) is 0 Å². The second kappa shape index (κ2) is 16.4. The summed E-state index contributed by atoms with van der Waals surface area (Å²) in [6.07, 6.45) is 10.5. The van der Waals surface area contributed by atoms with E-state index in [4.69, 9.17) is 19.9 Å². The molecule has 0 saturated heterocycles. The number of esters is 2. The van der Waals surface area contributed by atoms with Gasteiger partial charge >= 0.3 is 11.9 Å². The van der Waals surface area contributed by atoms with Crippen LogP contribution in [0.3, 0.4) is 0 Å². The third kappa shape index (κ3) is 10.9. The average Bonchev–Trinajstić information content (AvgIpc) is 2.93. The van der Waals surface area contributed by atoms with Crippen LogP contribution in [-0.2, 0) is 31.9 Å². The molecular formula is C33H44N2O6. The molecule has 0 aliphatic carbocycles. The minimum absolute atomic E-state index is 0.0351. The van der Waals surface area contributed by atoms with Gasteiger partial charge in [-0.15, -0.1) is 0 Å². The Balaban J connectivity index is 1.64. The molecule has 0 fully saturated rings. The fourth-order valence-electron chi connectivity index (χ4n) is 5.22. The van der Waals surface area contributed by atoms with E-state index in [9.17, 15) is 14.7 Å². The highest BCUT2D eigenvalue weighted by molar-refractivity contribution is 5.79. The van der Waals surface area contributed by atoms with Gasteiger partial charge in [0.2, 0.25) is 0 Å². The molecule has 2 atom stereocenters. The number of aromatic hydroxyl groups is 1. The molecule has 3 rings (SSSR count). The zero-order valence-electron chi connectivity index (χ0n) is 24.5. The Morgan fingerprint density at radius 1 is 0.951 bits per heavy atom. The van der Waals surface area contributed by atoms with Gasteiger partial charge in [0.25, 0.3) is 0 Å². The number of carbonyl (C=O) groups excluding carboxylic acids is 2. The maximum absolute atomic E-state index is 12.0. The Morgan fingerprint density at radius 2 is 1.63 bits per heavy atom. The van der Waals surface area contributed by atoms with E-state index in [2.05, 4.69) is 29.6 Å². The molecule has 1 heterocycles. The van der Waals surface area contributed by atoms with Crippen molar-refractivity contribution in [3.8, 4) is 11.5 Å². The van der Waals surface area contributed by atoms with Crippen LogP contribution in [0.1, 0.15) is 75.5 Å². The highest BCUT2D eigenvalue weighted by Crippen LogP contribution is 2.35. The van der Waals surface area contributed by atoms with E-state index in [1.54, 1.807) is 12.1 Å². The molecule has 41 heavy (non-hydrogen) atoms. The largest absolute Gasteiger partial charge is 0.504 e. The lowest BCUT2D eigenvalue weighted by Crippen LogP contribution is -2.27. The smallest absolute Gasteiger partial charge is 0.302 e. The Bertz CT molecular complexity index is 1210. The lowest BCUT2D eigenvalue weighted by molar-refractivity contribution is -0.153. The predicted molar refractivity (Wildman–Crippen MR) is 160 cm³/mol. The van der Waals surface area contributed by atoms with Crippen LogP contribution in [0.4, 0.5) is 0 Å². The summed E-state index contributed by atoms with van der Waals surface area (Å²) in [5, 5.41) is 13.5. The number of rotatable bonds is 16. The minimum Gasteiger partial charge on any atom is -0.504 e. The Kier molecular flexibility index (Phi) is 12.6. The fourth-order valence-corrected chi connectivity index (χ4v) is 5.22. The molecule has 2 aromatic rings. The van der Waals surface area contributed by atoms with Gasteiger partial charge in [0.05, 0.1) is 12.9 Å². The number of methoxy groups -OCH3 is 1. The van der Waals surface area contributed by atoms with Gasteiger partial charge in [-0.1, -0.05) is 49.2 Å². The number of nitrogens with one attached hydrogen (secondary N) is 1. The molecule has 8 nitrogen and oxygen atoms in total. The number of allylic oxidation sites excluding steroid dienone is 2. The Labute approximate surface area is 243 Å². The van der Waals surface area contributed by atoms with Crippen LogP contribution < -0.4 is 15.8 Å². The molecule has 2 unspecified atom stereocenters. The van der Waals surface area contributed by atoms with Gasteiger partial charge in [-0.25, -0.2) is 0 Å². The number of ether oxygens (including phenoxy) is 3. The monoisotopic (exact) mass is 564 g/mol. The molecule has 222 valence electrons. The lowest BCUT2D eigenvalue weighted by atomic mass is 9.92. The van der Waals surface area contributed by atoms with Crippen molar-refractivity contribution in [2.75, 3.05) is 13.7 Å². The first-order chi connectivity index (χ1) is 19.7. The number of nitrogens with two attached hydrogens (primary N) is 1. The molecule has 0 spiro atoms. The van der Waals surface area contributed by atoms with Gasteiger partial charge in [0.15, 0.2) is 11.5 Å². The molecule has 0 saturated carbocycles. The molecule has 4 N–H and O–H groups in total. The normalized spacial score (nSPS) is 14.2. The number of aryl methyl sites for hydroxylation is 2. The molecule has 0 bridgehead atoms. The number of hydrogen-bond donors (Lipinski definition) is 3. The highest BCUT2D eigenvalue weighted by Gasteiger charge is 2.23. The molecule has 2 aromatic carbocycles. The molecule has 0 aromatic heterocycles. The summed E-state index contributed by atoms with van der Waals surface area (Å²) in [4.78, 5) is 23.9. The van der Waals surface area contributed by atoms with E-state index in [1.165, 1.54) is 26.5 Å². The number of benzene rings is 2. The van der Waals surface area contributed by atoms with Crippen molar-refractivity contribution in [1.82, 2.24) is 5.32 Å². The first-order valence-corrected chi connectivity index (χ1v) is 14.4. The standard InChI is InChI=1S/C33H44N2O6/c1-23(36)40-28(14-10-5-4-7-11-25-12-8-6-9-13-25)21-29(41-24(2)37)16-15-26-19-32(39-3)31(38)22-30(26)27-17-18-35-33(34)20-27/h6,8-9,12-13,17,19-20,22,28-29,35,38H,4-5,7,10-11,14-16,18,21,34H2,1-3H3. The van der Waals surface area contributed by atoms with Gasteiger partial charge in [0.1, 0.15) is 12.2 Å². The van der Waals surface area contributed by atoms with Gasteiger partial charge < -0.3 is 30.4 Å². The number of phenolic OH excluding ortho intramolecular Hbond substituents is 1. The van der Waals surface area contributed by atoms with Gasteiger partial charge in [-0.3, -0.25) is 9.59 Å². The minimum atomic E-state index is -0.440. The second-order valence-electron chi connectivity index (χ2n) is 10.5. The first kappa shape index (κ1) is 31.6. The van der Waals surface area contributed by atoms with Crippen molar-refractivity contribution in [3.05, 3.63) is 77.1 Å². The average molecular weight is 565 g/mol. The summed E-state index contributed by atoms with van der Waals surface area (Å²) < 4.78 is 16.7. The van der Waals surface area contributed by atoms with E-state index >= 15 is 0 Å². The lowest BCUT2D eigenvalue weighted by Gasteiger charge is -2.24. The summed E-state index contributed by atoms with van der Waals surface area (Å²) >= 11 is 0. The van der Waals surface area contributed by atoms with Crippen LogP contribution in [0.2, 0.25) is 0 Å². The van der Waals surface area contributed by atoms with Crippen LogP contribution in [0.15, 0.2) is 60.4 Å². The molecular weight excluding hydrogens is 520 g/mol. The van der Waals surface area contributed by atoms with Crippen LogP contribution in [0.25, 0.3) is 5.57 Å². The number of unbranched alkanes of at least 4 members (excludes halogenated alkanes) is 3. The zero-order valence-corrected chi connectivity index (χ0v) is 24.5. The van der Waals surface area contributed by atoms with Crippen molar-refractivity contribution in [2.24, 2.45) is 5.73 Å². The molecule has 8 heteroatoms. The van der Waals surface area contributed by atoms with E-state index in [0.717, 1.165) is 48.8 Å². The van der Waals surface area contributed by atoms with E-state index in [0.29, 0.717) is 43.8 Å². The first-order valence-electron chi connectivity index (χ1n) is 14.4. The van der Waals surface area contributed by atoms with Crippen LogP contribution in [-0.4, -0.2) is 42.9 Å². The number of carbonyl (C=O) groups is 2. The van der Waals surface area contributed by atoms with E-state index in [-0.39, 0.29) is 23.8 Å². The van der Waals surface area contributed by atoms with Crippen molar-refractivity contribution in [2.45, 2.75) is 83.8 Å². The number of phenols is 1. The quantitative estimate of drug-likeness (QED) is 0.179. The maximum atomic E-state index is 12.0. The topological polar surface area (TPSA) is 120 Å². The fraction of sp³-hybridized carbons (Fsp3) is 0.455. The molecule has 0 amide bonds. The van der Waals surface area contributed by atoms with Crippen molar-refractivity contribution >= 4 is 17.5 Å². The maximum Gasteiger partial charge on any atom is 0.302 e. The third-order valence-electron chi connectivity index (χ3n) is 7.17. The molecule has 1 aliphatic rings. The van der Waals surface area contributed by atoms with Crippen molar-refractivity contribution in [1.29, 1.82) is 0 Å². The molecule has 0 radical (unpaired) electrons. The summed E-state index contributed by atoms with van der Waals surface area (Å²) in [6, 6.07) is 13.9. The van der Waals surface area contributed by atoms with Gasteiger partial charge in [-0.2, -0.15) is 0 Å². The Morgan fingerprint density at radius 3 is 2.29 bits per heavy atom. The summed E-state index contributed by atoms with van der Waals surface area (Å²) in [5.74, 6) is 0.231.